The van der Waals surface area contributed by atoms with Gasteiger partial charge >= 0.3 is 0 Å². The van der Waals surface area contributed by atoms with Gasteiger partial charge in [0.05, 0.1) is 7.11 Å². The van der Waals surface area contributed by atoms with Gasteiger partial charge < -0.3 is 24.6 Å². The minimum absolute atomic E-state index is 0.0844. The first-order valence-corrected chi connectivity index (χ1v) is 5.02. The lowest BCUT2D eigenvalue weighted by molar-refractivity contribution is 0.162. The minimum atomic E-state index is -0.870. The topological polar surface area (TPSA) is 105 Å². The molecule has 3 N–H and O–H groups in total. The van der Waals surface area contributed by atoms with Crippen molar-refractivity contribution < 1.29 is 24.6 Å². The molecule has 96 valence electrons. The molecule has 0 atom stereocenters. The van der Waals surface area contributed by atoms with Crippen LogP contribution >= 0.6 is 0 Å². The van der Waals surface area contributed by atoms with Gasteiger partial charge in [-0.2, -0.15) is 0 Å². The molecule has 2 aromatic heterocycles. The second-order valence-electron chi connectivity index (χ2n) is 3.49. The lowest BCUT2D eigenvalue weighted by atomic mass is 10.3. The number of ether oxygens (including phenoxy) is 1. The van der Waals surface area contributed by atoms with Gasteiger partial charge in [-0.1, -0.05) is 6.08 Å². The first-order chi connectivity index (χ1) is 8.52. The second kappa shape index (κ2) is 4.02. The Kier molecular flexibility index (Phi) is 2.66. The summed E-state index contributed by atoms with van der Waals surface area (Å²) >= 11 is 0. The van der Waals surface area contributed by atoms with Gasteiger partial charge in [0.15, 0.2) is 11.3 Å². The Balaban J connectivity index is 3.00. The molecule has 2 heterocycles. The Morgan fingerprint density at radius 2 is 2.06 bits per heavy atom. The highest BCUT2D eigenvalue weighted by Gasteiger charge is 2.25. The van der Waals surface area contributed by atoms with E-state index in [1.807, 2.05) is 0 Å². The number of hydrogen-bond donors (Lipinski definition) is 3. The van der Waals surface area contributed by atoms with Crippen LogP contribution in [0.4, 0.5) is 0 Å². The van der Waals surface area contributed by atoms with E-state index in [9.17, 15) is 20.2 Å². The minimum Gasteiger partial charge on any atom is -0.501 e. The monoisotopic (exact) mass is 253 g/mol. The standard InChI is InChI=1S/C11H11NO6/c1-3-4-5-7(13)8(14)6-9(18-5)10(17-2)11(15)12(6)16/h3-4,13,15-16H,1-2H3/b4-3+. The first kappa shape index (κ1) is 11.9. The van der Waals surface area contributed by atoms with Gasteiger partial charge in [-0.3, -0.25) is 4.79 Å². The number of fused-ring (bicyclic) bond motifs is 1. The van der Waals surface area contributed by atoms with Crippen molar-refractivity contribution in [2.45, 2.75) is 6.92 Å². The summed E-state index contributed by atoms with van der Waals surface area (Å²) in [6.07, 6.45) is 2.94. The molecule has 0 fully saturated rings. The summed E-state index contributed by atoms with van der Waals surface area (Å²) in [4.78, 5) is 11.8. The van der Waals surface area contributed by atoms with E-state index in [-0.39, 0.29) is 21.8 Å². The van der Waals surface area contributed by atoms with Crippen LogP contribution in [0.3, 0.4) is 0 Å². The third-order valence-corrected chi connectivity index (χ3v) is 2.43. The van der Waals surface area contributed by atoms with Crippen LogP contribution in [-0.4, -0.2) is 27.3 Å². The zero-order valence-corrected chi connectivity index (χ0v) is 9.67. The molecule has 7 nitrogen and oxygen atoms in total. The third-order valence-electron chi connectivity index (χ3n) is 2.43. The molecule has 0 aliphatic heterocycles. The lowest BCUT2D eigenvalue weighted by Crippen LogP contribution is -2.06. The molecular formula is C11H11NO6. The predicted octanol–water partition coefficient (Wildman–Crippen LogP) is 1.28. The van der Waals surface area contributed by atoms with Gasteiger partial charge in [-0.15, -0.1) is 4.73 Å². The van der Waals surface area contributed by atoms with E-state index in [4.69, 9.17) is 9.15 Å². The molecule has 0 amide bonds. The van der Waals surface area contributed by atoms with Crippen molar-refractivity contribution in [1.82, 2.24) is 4.73 Å². The molecule has 18 heavy (non-hydrogen) atoms. The van der Waals surface area contributed by atoms with Crippen molar-refractivity contribution in [1.29, 1.82) is 0 Å². The zero-order valence-electron chi connectivity index (χ0n) is 9.67. The quantitative estimate of drug-likeness (QED) is 0.696. The van der Waals surface area contributed by atoms with Crippen molar-refractivity contribution in [3.8, 4) is 17.4 Å². The SMILES string of the molecule is C/C=C/c1oc2c(OC)c(O)n(O)c2c(=O)c1O. The molecule has 0 aromatic carbocycles. The highest BCUT2D eigenvalue weighted by Crippen LogP contribution is 2.37. The van der Waals surface area contributed by atoms with Crippen LogP contribution in [0.2, 0.25) is 0 Å². The van der Waals surface area contributed by atoms with Crippen LogP contribution in [0.25, 0.3) is 17.2 Å². The number of methoxy groups -OCH3 is 1. The van der Waals surface area contributed by atoms with Crippen LogP contribution in [0.5, 0.6) is 17.4 Å². The van der Waals surface area contributed by atoms with Crippen molar-refractivity contribution in [3.63, 3.8) is 0 Å². The summed E-state index contributed by atoms with van der Waals surface area (Å²) in [5, 5.41) is 28.7. The molecule has 0 unspecified atom stereocenters. The molecule has 0 saturated carbocycles. The van der Waals surface area contributed by atoms with E-state index in [1.165, 1.54) is 13.2 Å². The molecule has 0 aliphatic carbocycles. The van der Waals surface area contributed by atoms with E-state index in [0.717, 1.165) is 0 Å². The number of aromatic nitrogens is 1. The second-order valence-corrected chi connectivity index (χ2v) is 3.49. The molecule has 2 aromatic rings. The van der Waals surface area contributed by atoms with Crippen molar-refractivity contribution in [3.05, 3.63) is 22.1 Å². The fourth-order valence-corrected chi connectivity index (χ4v) is 1.63. The number of rotatable bonds is 2. The van der Waals surface area contributed by atoms with E-state index >= 15 is 0 Å². The molecule has 0 spiro atoms. The average Bonchev–Trinajstić information content (AvgIpc) is 2.58. The summed E-state index contributed by atoms with van der Waals surface area (Å²) in [7, 11) is 1.25. The Bertz CT molecular complexity index is 694. The number of allylic oxidation sites excluding steroid dienone is 1. The van der Waals surface area contributed by atoms with Gasteiger partial charge in [0, 0.05) is 0 Å². The maximum atomic E-state index is 11.8. The van der Waals surface area contributed by atoms with Crippen molar-refractivity contribution in [2.24, 2.45) is 0 Å². The molecule has 0 radical (unpaired) electrons. The largest absolute Gasteiger partial charge is 0.501 e. The maximum absolute atomic E-state index is 11.8. The first-order valence-electron chi connectivity index (χ1n) is 5.02. The van der Waals surface area contributed by atoms with Crippen LogP contribution in [0, 0.1) is 0 Å². The number of hydrogen-bond acceptors (Lipinski definition) is 6. The number of aromatic hydroxyl groups is 2. The summed E-state index contributed by atoms with van der Waals surface area (Å²) in [5.41, 5.74) is -1.41. The Morgan fingerprint density at radius 1 is 1.39 bits per heavy atom. The van der Waals surface area contributed by atoms with Gasteiger partial charge in [-0.05, 0) is 13.0 Å². The molecule has 0 bridgehead atoms. The fraction of sp³-hybridized carbons (Fsp3) is 0.182. The van der Waals surface area contributed by atoms with Gasteiger partial charge in [0.25, 0.3) is 11.3 Å². The third kappa shape index (κ3) is 1.41. The fourth-order valence-electron chi connectivity index (χ4n) is 1.63. The van der Waals surface area contributed by atoms with E-state index in [1.54, 1.807) is 13.0 Å². The molecule has 0 saturated heterocycles. The smallest absolute Gasteiger partial charge is 0.273 e. The maximum Gasteiger partial charge on any atom is 0.273 e. The average molecular weight is 253 g/mol. The van der Waals surface area contributed by atoms with Crippen LogP contribution in [-0.2, 0) is 0 Å². The number of nitrogens with zero attached hydrogens (tertiary/aromatic N) is 1. The van der Waals surface area contributed by atoms with Crippen LogP contribution in [0.15, 0.2) is 15.3 Å². The summed E-state index contributed by atoms with van der Waals surface area (Å²) < 4.78 is 10.3. The zero-order chi connectivity index (χ0) is 13.4. The molecule has 2 rings (SSSR count). The normalized spacial score (nSPS) is 11.4. The van der Waals surface area contributed by atoms with E-state index in [2.05, 4.69) is 0 Å². The highest BCUT2D eigenvalue weighted by atomic mass is 16.5. The van der Waals surface area contributed by atoms with E-state index in [0.29, 0.717) is 0 Å². The van der Waals surface area contributed by atoms with Gasteiger partial charge in [0.2, 0.25) is 17.1 Å². The Morgan fingerprint density at radius 3 is 2.61 bits per heavy atom. The van der Waals surface area contributed by atoms with Gasteiger partial charge in [0.1, 0.15) is 0 Å². The summed E-state index contributed by atoms with van der Waals surface area (Å²) in [6.45, 7) is 1.68. The Hall–Kier alpha value is -2.57. The van der Waals surface area contributed by atoms with E-state index < -0.39 is 22.6 Å². The lowest BCUT2D eigenvalue weighted by Gasteiger charge is -1.99. The van der Waals surface area contributed by atoms with Crippen LogP contribution < -0.4 is 10.2 Å². The van der Waals surface area contributed by atoms with Crippen LogP contribution in [0.1, 0.15) is 12.7 Å². The molecule has 0 aliphatic rings. The van der Waals surface area contributed by atoms with Gasteiger partial charge in [-0.25, -0.2) is 0 Å². The predicted molar refractivity (Wildman–Crippen MR) is 62.2 cm³/mol. The summed E-state index contributed by atoms with van der Waals surface area (Å²) in [5.74, 6) is -1.60. The summed E-state index contributed by atoms with van der Waals surface area (Å²) in [6, 6.07) is 0. The van der Waals surface area contributed by atoms with Crippen molar-refractivity contribution >= 4 is 17.2 Å². The highest BCUT2D eigenvalue weighted by molar-refractivity contribution is 5.85. The van der Waals surface area contributed by atoms with Crippen molar-refractivity contribution in [2.75, 3.05) is 7.11 Å². The Labute approximate surface area is 101 Å². The molecular weight excluding hydrogens is 242 g/mol. The molecule has 7 heteroatoms.